The van der Waals surface area contributed by atoms with Crippen LogP contribution in [-0.4, -0.2) is 27.2 Å². The number of nitro groups is 1. The van der Waals surface area contributed by atoms with Crippen LogP contribution in [0.25, 0.3) is 0 Å². The Morgan fingerprint density at radius 2 is 2.46 bits per heavy atom. The van der Waals surface area contributed by atoms with Crippen LogP contribution in [0.1, 0.15) is 0 Å². The Hall–Kier alpha value is -2.12. The molecule has 0 aliphatic carbocycles. The van der Waals surface area contributed by atoms with E-state index in [2.05, 4.69) is 9.84 Å². The lowest BCUT2D eigenvalue weighted by Crippen LogP contribution is -2.21. The maximum absolute atomic E-state index is 10.4. The number of nitrogens with one attached hydrogen (secondary N) is 1. The maximum Gasteiger partial charge on any atom is 0.336 e. The Morgan fingerprint density at radius 3 is 2.92 bits per heavy atom. The summed E-state index contributed by atoms with van der Waals surface area (Å²) >= 11 is 0. The second-order valence-corrected chi connectivity index (χ2v) is 2.07. The van der Waals surface area contributed by atoms with Crippen molar-refractivity contribution in [2.24, 2.45) is 0 Å². The van der Waals surface area contributed by atoms with E-state index in [1.165, 1.54) is 7.11 Å². The minimum Gasteiger partial charge on any atom is -0.475 e. The van der Waals surface area contributed by atoms with Crippen LogP contribution in [0.4, 0.5) is 5.69 Å². The Balaban J connectivity index is 3.42. The lowest BCUT2D eigenvalue weighted by Gasteiger charge is -2.00. The monoisotopic (exact) mass is 186 g/mol. The molecule has 13 heavy (non-hydrogen) atoms. The van der Waals surface area contributed by atoms with E-state index in [4.69, 9.17) is 10.6 Å². The van der Waals surface area contributed by atoms with Crippen molar-refractivity contribution in [3.05, 3.63) is 21.7 Å². The van der Waals surface area contributed by atoms with Crippen LogP contribution in [0.15, 0.2) is 6.07 Å². The van der Waals surface area contributed by atoms with Gasteiger partial charge < -0.3 is 9.94 Å². The van der Waals surface area contributed by atoms with Crippen LogP contribution in [0.2, 0.25) is 0 Å². The van der Waals surface area contributed by atoms with Gasteiger partial charge in [-0.25, -0.2) is 0 Å². The van der Waals surface area contributed by atoms with Crippen molar-refractivity contribution in [3.63, 3.8) is 0 Å². The molecule has 0 saturated carbocycles. The summed E-state index contributed by atoms with van der Waals surface area (Å²) < 4.78 is 4.53. The zero-order valence-electron chi connectivity index (χ0n) is 6.59. The topological polar surface area (TPSA) is 114 Å². The van der Waals surface area contributed by atoms with E-state index < -0.39 is 16.1 Å². The molecule has 1 aromatic rings. The van der Waals surface area contributed by atoms with Crippen LogP contribution in [0.5, 0.6) is 5.88 Å². The highest BCUT2D eigenvalue weighted by atomic mass is 16.6. The van der Waals surface area contributed by atoms with Crippen LogP contribution >= 0.6 is 0 Å². The largest absolute Gasteiger partial charge is 0.475 e. The van der Waals surface area contributed by atoms with Crippen LogP contribution in [0, 0.1) is 15.5 Å². The molecule has 8 heteroatoms. The summed E-state index contributed by atoms with van der Waals surface area (Å²) in [5.41, 5.74) is -0.953. The second kappa shape index (κ2) is 3.09. The molecule has 1 rings (SSSR count). The molecule has 1 heterocycles. The van der Waals surface area contributed by atoms with E-state index in [9.17, 15) is 10.1 Å². The van der Waals surface area contributed by atoms with Crippen LogP contribution < -0.4 is 10.2 Å². The fraction of sp³-hybridized carbons (Fsp3) is 0.200. The van der Waals surface area contributed by atoms with Gasteiger partial charge in [0.25, 0.3) is 0 Å². The SMILES string of the molecule is COc1nn(O)c(=N)cc1[N+](=O)[O-]. The molecule has 0 saturated heterocycles. The number of hydrogen-bond acceptors (Lipinski definition) is 6. The lowest BCUT2D eigenvalue weighted by molar-refractivity contribution is -0.386. The Kier molecular flexibility index (Phi) is 2.13. The standard InChI is InChI=1S/C5H6N4O4/c1-13-5-3(9(11)12)2-4(6)8(10)7-5/h2,6,10H,1H3. The fourth-order valence-corrected chi connectivity index (χ4v) is 0.716. The van der Waals surface area contributed by atoms with Gasteiger partial charge in [-0.05, 0) is 0 Å². The third kappa shape index (κ3) is 1.55. The predicted octanol–water partition coefficient (Wildman–Crippen LogP) is -0.483. The smallest absolute Gasteiger partial charge is 0.336 e. The molecular weight excluding hydrogens is 180 g/mol. The molecular formula is C5H6N4O4. The molecule has 0 aromatic carbocycles. The number of ether oxygens (including phenoxy) is 1. The van der Waals surface area contributed by atoms with E-state index in [0.717, 1.165) is 6.07 Å². The van der Waals surface area contributed by atoms with Crippen molar-refractivity contribution in [1.82, 2.24) is 9.94 Å². The first kappa shape index (κ1) is 8.97. The van der Waals surface area contributed by atoms with Gasteiger partial charge in [-0.15, -0.1) is 0 Å². The van der Waals surface area contributed by atoms with Crippen molar-refractivity contribution in [3.8, 4) is 5.88 Å². The minimum absolute atomic E-state index is 0.186. The Labute approximate surface area is 71.6 Å². The van der Waals surface area contributed by atoms with E-state index in [-0.39, 0.29) is 10.7 Å². The van der Waals surface area contributed by atoms with Crippen LogP contribution in [0.3, 0.4) is 0 Å². The highest BCUT2D eigenvalue weighted by Crippen LogP contribution is 2.19. The zero-order chi connectivity index (χ0) is 10.0. The average Bonchev–Trinajstić information content (AvgIpc) is 2.08. The first-order valence-electron chi connectivity index (χ1n) is 3.13. The first-order chi connectivity index (χ1) is 6.06. The lowest BCUT2D eigenvalue weighted by atomic mass is 10.4. The number of aromatic nitrogens is 2. The van der Waals surface area contributed by atoms with E-state index in [1.54, 1.807) is 0 Å². The molecule has 0 spiro atoms. The molecule has 2 N–H and O–H groups in total. The zero-order valence-corrected chi connectivity index (χ0v) is 6.59. The molecule has 0 atom stereocenters. The highest BCUT2D eigenvalue weighted by Gasteiger charge is 2.17. The maximum atomic E-state index is 10.4. The van der Waals surface area contributed by atoms with Crippen molar-refractivity contribution < 1.29 is 14.9 Å². The van der Waals surface area contributed by atoms with Gasteiger partial charge in [0.1, 0.15) is 0 Å². The van der Waals surface area contributed by atoms with E-state index in [0.29, 0.717) is 0 Å². The number of nitrogens with zero attached hydrogens (tertiary/aromatic N) is 3. The molecule has 8 nitrogen and oxygen atoms in total. The summed E-state index contributed by atoms with van der Waals surface area (Å²) in [6.45, 7) is 0. The van der Waals surface area contributed by atoms with E-state index in [1.807, 2.05) is 0 Å². The van der Waals surface area contributed by atoms with Gasteiger partial charge in [0.05, 0.1) is 18.1 Å². The molecule has 0 radical (unpaired) electrons. The van der Waals surface area contributed by atoms with E-state index >= 15 is 0 Å². The summed E-state index contributed by atoms with van der Waals surface area (Å²) in [5, 5.41) is 29.5. The molecule has 1 aromatic heterocycles. The summed E-state index contributed by atoms with van der Waals surface area (Å²) in [6.07, 6.45) is 0. The third-order valence-electron chi connectivity index (χ3n) is 1.28. The fourth-order valence-electron chi connectivity index (χ4n) is 0.716. The van der Waals surface area contributed by atoms with Crippen molar-refractivity contribution >= 4 is 5.69 Å². The third-order valence-corrected chi connectivity index (χ3v) is 1.28. The van der Waals surface area contributed by atoms with Gasteiger partial charge in [-0.1, -0.05) is 9.94 Å². The molecule has 70 valence electrons. The highest BCUT2D eigenvalue weighted by molar-refractivity contribution is 5.37. The number of hydrogen-bond donors (Lipinski definition) is 2. The molecule has 0 amide bonds. The normalized spacial score (nSPS) is 9.62. The van der Waals surface area contributed by atoms with Gasteiger partial charge in [0, 0.05) is 0 Å². The summed E-state index contributed by atoms with van der Waals surface area (Å²) in [4.78, 5) is 9.80. The molecule has 0 unspecified atom stereocenters. The van der Waals surface area contributed by atoms with Gasteiger partial charge in [-0.3, -0.25) is 15.5 Å². The summed E-state index contributed by atoms with van der Waals surface area (Å²) in [7, 11) is 1.18. The van der Waals surface area contributed by atoms with Gasteiger partial charge >= 0.3 is 11.6 Å². The first-order valence-corrected chi connectivity index (χ1v) is 3.13. The molecule has 0 aliphatic rings. The summed E-state index contributed by atoms with van der Waals surface area (Å²) in [6, 6.07) is 0.839. The summed E-state index contributed by atoms with van der Waals surface area (Å²) in [5.74, 6) is -0.344. The minimum atomic E-state index is -0.746. The molecule has 0 fully saturated rings. The van der Waals surface area contributed by atoms with Crippen LogP contribution in [-0.2, 0) is 0 Å². The molecule has 0 aliphatic heterocycles. The second-order valence-electron chi connectivity index (χ2n) is 2.07. The van der Waals surface area contributed by atoms with Gasteiger partial charge in [0.15, 0.2) is 5.49 Å². The van der Waals surface area contributed by atoms with Gasteiger partial charge in [-0.2, -0.15) is 0 Å². The van der Waals surface area contributed by atoms with Crippen molar-refractivity contribution in [2.75, 3.05) is 7.11 Å². The predicted molar refractivity (Wildman–Crippen MR) is 38.5 cm³/mol. The van der Waals surface area contributed by atoms with Crippen molar-refractivity contribution in [1.29, 1.82) is 5.41 Å². The Bertz CT molecular complexity index is 398. The molecule has 0 bridgehead atoms. The number of methoxy groups -OCH3 is 1. The quantitative estimate of drug-likeness (QED) is 0.367. The number of rotatable bonds is 2. The average molecular weight is 186 g/mol. The Morgan fingerprint density at radius 1 is 1.85 bits per heavy atom. The van der Waals surface area contributed by atoms with Gasteiger partial charge in [0.2, 0.25) is 0 Å². The van der Waals surface area contributed by atoms with Crippen molar-refractivity contribution in [2.45, 2.75) is 0 Å².